The van der Waals surface area contributed by atoms with Gasteiger partial charge in [0.2, 0.25) is 0 Å². The van der Waals surface area contributed by atoms with Gasteiger partial charge in [-0.2, -0.15) is 0 Å². The van der Waals surface area contributed by atoms with Crippen molar-refractivity contribution in [2.75, 3.05) is 0 Å². The van der Waals surface area contributed by atoms with E-state index in [1.54, 1.807) is 6.92 Å². The van der Waals surface area contributed by atoms with Crippen molar-refractivity contribution in [1.29, 1.82) is 0 Å². The number of hydrogen-bond donors (Lipinski definition) is 0. The molecule has 1 aliphatic rings. The number of alkyl halides is 1. The lowest BCUT2D eigenvalue weighted by Gasteiger charge is -2.33. The van der Waals surface area contributed by atoms with Crippen LogP contribution in [0.15, 0.2) is 30.3 Å². The molecule has 1 aromatic rings. The summed E-state index contributed by atoms with van der Waals surface area (Å²) in [5, 5.41) is 0.606. The number of carbonyl (C=O) groups excluding carboxylic acids is 3. The molecule has 148 valence electrons. The molecule has 0 bridgehead atoms. The fraction of sp³-hybridized carbons (Fsp3) is 0.571. The molecule has 1 fully saturated rings. The minimum absolute atomic E-state index is 0.0858. The summed E-state index contributed by atoms with van der Waals surface area (Å²) in [6.07, 6.45) is 2.60. The largest absolute Gasteiger partial charge is 0.349 e. The van der Waals surface area contributed by atoms with E-state index in [-0.39, 0.29) is 24.2 Å². The molecule has 0 aromatic heterocycles. The Kier molecular flexibility index (Phi) is 6.84. The highest BCUT2D eigenvalue weighted by atomic mass is 79.9. The van der Waals surface area contributed by atoms with Gasteiger partial charge in [0.1, 0.15) is 4.32 Å². The second-order valence-corrected chi connectivity index (χ2v) is 9.94. The van der Waals surface area contributed by atoms with Crippen molar-refractivity contribution < 1.29 is 19.2 Å². The molecule has 2 rings (SSSR count). The first kappa shape index (κ1) is 21.6. The summed E-state index contributed by atoms with van der Waals surface area (Å²) in [6.45, 7) is 8.33. The molecule has 2 amide bonds. The van der Waals surface area contributed by atoms with Crippen LogP contribution in [0.4, 0.5) is 0 Å². The maximum absolute atomic E-state index is 12.7. The minimum atomic E-state index is -1.01. The van der Waals surface area contributed by atoms with Crippen LogP contribution in [0.5, 0.6) is 0 Å². The fourth-order valence-corrected chi connectivity index (χ4v) is 3.69. The Labute approximate surface area is 169 Å². The maximum Gasteiger partial charge on any atom is 0.349 e. The molecule has 2 atom stereocenters. The number of benzene rings is 1. The third-order valence-corrected chi connectivity index (χ3v) is 5.91. The van der Waals surface area contributed by atoms with Gasteiger partial charge in [-0.1, -0.05) is 73.5 Å². The van der Waals surface area contributed by atoms with E-state index in [1.165, 1.54) is 0 Å². The number of rotatable bonds is 8. The molecule has 1 aliphatic heterocycles. The van der Waals surface area contributed by atoms with E-state index in [0.29, 0.717) is 11.5 Å². The third kappa shape index (κ3) is 5.64. The summed E-state index contributed by atoms with van der Waals surface area (Å²) in [6, 6.07) is 10.1. The summed E-state index contributed by atoms with van der Waals surface area (Å²) < 4.78 is -1.01. The highest BCUT2D eigenvalue weighted by Gasteiger charge is 2.41. The number of amides is 2. The van der Waals surface area contributed by atoms with E-state index in [2.05, 4.69) is 48.8 Å². The normalized spacial score (nSPS) is 18.3. The molecule has 0 spiro atoms. The van der Waals surface area contributed by atoms with Crippen molar-refractivity contribution in [2.45, 2.75) is 70.0 Å². The second kappa shape index (κ2) is 8.55. The predicted octanol–water partition coefficient (Wildman–Crippen LogP) is 4.75. The van der Waals surface area contributed by atoms with Crippen LogP contribution in [0, 0.1) is 5.41 Å². The zero-order chi connectivity index (χ0) is 20.2. The molecule has 0 radical (unpaired) electrons. The SMILES string of the molecule is CCC(C)(C)CC(CC(C)(Br)C(=O)ON1C(=O)CCC1=O)c1ccccc1. The van der Waals surface area contributed by atoms with Crippen LogP contribution in [-0.2, 0) is 19.2 Å². The Morgan fingerprint density at radius 1 is 1.11 bits per heavy atom. The lowest BCUT2D eigenvalue weighted by atomic mass is 9.75. The van der Waals surface area contributed by atoms with Crippen LogP contribution in [-0.4, -0.2) is 27.2 Å². The summed E-state index contributed by atoms with van der Waals surface area (Å²) in [7, 11) is 0. The molecular formula is C21H28BrNO4. The Bertz CT molecular complexity index is 683. The topological polar surface area (TPSA) is 63.7 Å². The maximum atomic E-state index is 12.7. The van der Waals surface area contributed by atoms with E-state index in [0.717, 1.165) is 18.4 Å². The number of imide groups is 1. The van der Waals surface area contributed by atoms with Gasteiger partial charge >= 0.3 is 5.97 Å². The average molecular weight is 438 g/mol. The summed E-state index contributed by atoms with van der Waals surface area (Å²) in [5.74, 6) is -1.43. The molecule has 6 heteroatoms. The van der Waals surface area contributed by atoms with Gasteiger partial charge in [0, 0.05) is 12.8 Å². The first-order valence-corrected chi connectivity index (χ1v) is 10.2. The molecule has 0 aliphatic carbocycles. The summed E-state index contributed by atoms with van der Waals surface area (Å²) in [5.41, 5.74) is 1.28. The van der Waals surface area contributed by atoms with E-state index in [9.17, 15) is 14.4 Å². The first-order valence-electron chi connectivity index (χ1n) is 9.38. The molecular weight excluding hydrogens is 410 g/mol. The average Bonchev–Trinajstić information content (AvgIpc) is 2.93. The van der Waals surface area contributed by atoms with Gasteiger partial charge in [0.15, 0.2) is 0 Å². The molecule has 5 nitrogen and oxygen atoms in total. The fourth-order valence-electron chi connectivity index (χ4n) is 3.23. The van der Waals surface area contributed by atoms with E-state index in [4.69, 9.17) is 4.84 Å². The zero-order valence-electron chi connectivity index (χ0n) is 16.5. The van der Waals surface area contributed by atoms with Gasteiger partial charge in [-0.3, -0.25) is 9.59 Å². The van der Waals surface area contributed by atoms with Gasteiger partial charge in [0.25, 0.3) is 11.8 Å². The standard InChI is InChI=1S/C21H28BrNO4/c1-5-20(2,3)13-16(15-9-7-6-8-10-15)14-21(4,22)19(26)27-23-17(24)11-12-18(23)25/h6-10,16H,5,11-14H2,1-4H3. The van der Waals surface area contributed by atoms with Crippen molar-refractivity contribution in [3.63, 3.8) is 0 Å². The Hall–Kier alpha value is -1.69. The molecule has 1 aromatic carbocycles. The Morgan fingerprint density at radius 3 is 2.19 bits per heavy atom. The monoisotopic (exact) mass is 437 g/mol. The zero-order valence-corrected chi connectivity index (χ0v) is 18.0. The number of hydrogen-bond acceptors (Lipinski definition) is 4. The third-order valence-electron chi connectivity index (χ3n) is 5.26. The lowest BCUT2D eigenvalue weighted by molar-refractivity contribution is -0.199. The second-order valence-electron chi connectivity index (χ2n) is 8.19. The quantitative estimate of drug-likeness (QED) is 0.434. The molecule has 0 N–H and O–H groups in total. The van der Waals surface area contributed by atoms with Gasteiger partial charge in [0.05, 0.1) is 0 Å². The van der Waals surface area contributed by atoms with Crippen LogP contribution in [0.25, 0.3) is 0 Å². The number of carbonyl (C=O) groups is 3. The molecule has 0 saturated carbocycles. The molecule has 27 heavy (non-hydrogen) atoms. The Balaban J connectivity index is 2.17. The van der Waals surface area contributed by atoms with Crippen LogP contribution >= 0.6 is 15.9 Å². The van der Waals surface area contributed by atoms with Crippen molar-refractivity contribution >= 4 is 33.7 Å². The van der Waals surface area contributed by atoms with E-state index >= 15 is 0 Å². The highest BCUT2D eigenvalue weighted by Crippen LogP contribution is 2.41. The van der Waals surface area contributed by atoms with E-state index in [1.807, 2.05) is 18.2 Å². The summed E-state index contributed by atoms with van der Waals surface area (Å²) >= 11 is 3.50. The van der Waals surface area contributed by atoms with Gasteiger partial charge in [-0.25, -0.2) is 4.79 Å². The molecule has 2 unspecified atom stereocenters. The number of nitrogens with zero attached hydrogens (tertiary/aromatic N) is 1. The highest BCUT2D eigenvalue weighted by molar-refractivity contribution is 9.10. The first-order chi connectivity index (χ1) is 12.6. The number of halogens is 1. The Morgan fingerprint density at radius 2 is 1.67 bits per heavy atom. The van der Waals surface area contributed by atoms with Crippen LogP contribution in [0.2, 0.25) is 0 Å². The molecule has 1 heterocycles. The van der Waals surface area contributed by atoms with Crippen molar-refractivity contribution in [3.8, 4) is 0 Å². The van der Waals surface area contributed by atoms with Gasteiger partial charge < -0.3 is 4.84 Å². The van der Waals surface area contributed by atoms with Crippen molar-refractivity contribution in [3.05, 3.63) is 35.9 Å². The number of hydroxylamine groups is 2. The van der Waals surface area contributed by atoms with Crippen LogP contribution in [0.3, 0.4) is 0 Å². The van der Waals surface area contributed by atoms with Gasteiger partial charge in [-0.05, 0) is 36.7 Å². The molecule has 1 saturated heterocycles. The minimum Gasteiger partial charge on any atom is -0.329 e. The van der Waals surface area contributed by atoms with Crippen molar-refractivity contribution in [2.24, 2.45) is 5.41 Å². The smallest absolute Gasteiger partial charge is 0.329 e. The van der Waals surface area contributed by atoms with Crippen molar-refractivity contribution in [1.82, 2.24) is 5.06 Å². The van der Waals surface area contributed by atoms with Crippen LogP contribution < -0.4 is 0 Å². The predicted molar refractivity (Wildman–Crippen MR) is 107 cm³/mol. The van der Waals surface area contributed by atoms with E-state index < -0.39 is 22.1 Å². The van der Waals surface area contributed by atoms with Crippen LogP contribution in [0.1, 0.15) is 71.3 Å². The lowest BCUT2D eigenvalue weighted by Crippen LogP contribution is -2.40. The van der Waals surface area contributed by atoms with Gasteiger partial charge in [-0.15, -0.1) is 5.06 Å². The summed E-state index contributed by atoms with van der Waals surface area (Å²) in [4.78, 5) is 41.3.